The van der Waals surface area contributed by atoms with Crippen LogP contribution in [0.4, 0.5) is 0 Å². The number of ether oxygens (including phenoxy) is 1. The van der Waals surface area contributed by atoms with E-state index in [2.05, 4.69) is 45.2 Å². The van der Waals surface area contributed by atoms with Crippen molar-refractivity contribution in [3.8, 4) is 11.8 Å². The molecule has 1 aromatic carbocycles. The highest BCUT2D eigenvalue weighted by molar-refractivity contribution is 6.21. The molecule has 2 heterocycles. The zero-order valence-corrected chi connectivity index (χ0v) is 22.4. The van der Waals surface area contributed by atoms with Gasteiger partial charge in [-0.15, -0.1) is 0 Å². The lowest BCUT2D eigenvalue weighted by Crippen LogP contribution is -2.43. The molecule has 0 atom stereocenters. The van der Waals surface area contributed by atoms with Gasteiger partial charge in [-0.25, -0.2) is 0 Å². The van der Waals surface area contributed by atoms with Crippen molar-refractivity contribution >= 4 is 17.7 Å². The number of hydrogen-bond acceptors (Lipinski definition) is 5. The third-order valence-corrected chi connectivity index (χ3v) is 6.82. The highest BCUT2D eigenvalue weighted by Crippen LogP contribution is 2.22. The first kappa shape index (κ1) is 27.7. The summed E-state index contributed by atoms with van der Waals surface area (Å²) in [5.41, 5.74) is 1.06. The summed E-state index contributed by atoms with van der Waals surface area (Å²) in [5.74, 6) is 6.63. The van der Waals surface area contributed by atoms with Crippen LogP contribution in [-0.2, 0) is 9.57 Å². The van der Waals surface area contributed by atoms with Crippen LogP contribution in [0.2, 0.25) is 0 Å². The zero-order valence-electron chi connectivity index (χ0n) is 22.4. The summed E-state index contributed by atoms with van der Waals surface area (Å²) in [6, 6.07) is 7.09. The van der Waals surface area contributed by atoms with Gasteiger partial charge in [0.15, 0.2) is 6.61 Å². The Morgan fingerprint density at radius 3 is 2.11 bits per heavy atom. The van der Waals surface area contributed by atoms with E-state index in [1.165, 1.54) is 30.6 Å². The lowest BCUT2D eigenvalue weighted by atomic mass is 10.1. The van der Waals surface area contributed by atoms with E-state index < -0.39 is 0 Å². The van der Waals surface area contributed by atoms with Crippen LogP contribution in [0.15, 0.2) is 29.4 Å². The maximum Gasteiger partial charge on any atom is 0.261 e. The number of nitrogens with zero attached hydrogens (tertiary/aromatic N) is 4. The third kappa shape index (κ3) is 8.35. The van der Waals surface area contributed by atoms with Crippen LogP contribution < -0.4 is 0 Å². The molecule has 0 bridgehead atoms. The number of imide groups is 1. The SMILES string of the molecule is C[N+](C)(CC#CCOC1=NOCC1)CCCCCC[N+](C)(C)CCCN1C(=O)c2ccccc2C1=O. The first-order valence-corrected chi connectivity index (χ1v) is 13.1. The van der Waals surface area contributed by atoms with Crippen LogP contribution in [0.25, 0.3) is 0 Å². The van der Waals surface area contributed by atoms with Crippen LogP contribution in [0.5, 0.6) is 0 Å². The third-order valence-electron chi connectivity index (χ3n) is 6.82. The van der Waals surface area contributed by atoms with Crippen molar-refractivity contribution in [2.75, 3.05) is 74.1 Å². The molecule has 196 valence electrons. The number of oxime groups is 1. The summed E-state index contributed by atoms with van der Waals surface area (Å²) < 4.78 is 7.24. The fraction of sp³-hybridized carbons (Fsp3) is 0.607. The molecule has 0 unspecified atom stereocenters. The molecule has 8 nitrogen and oxygen atoms in total. The predicted molar refractivity (Wildman–Crippen MR) is 140 cm³/mol. The molecular formula is C28H42N4O4+2. The van der Waals surface area contributed by atoms with Gasteiger partial charge in [-0.1, -0.05) is 23.2 Å². The fourth-order valence-corrected chi connectivity index (χ4v) is 4.56. The van der Waals surface area contributed by atoms with E-state index >= 15 is 0 Å². The molecule has 8 heteroatoms. The van der Waals surface area contributed by atoms with Crippen LogP contribution in [0.1, 0.15) is 59.2 Å². The summed E-state index contributed by atoms with van der Waals surface area (Å²) in [4.78, 5) is 31.3. The Bertz CT molecular complexity index is 971. The first-order valence-electron chi connectivity index (χ1n) is 13.1. The average Bonchev–Trinajstić information content (AvgIpc) is 3.44. The molecule has 2 aliphatic heterocycles. The van der Waals surface area contributed by atoms with E-state index in [1.807, 2.05) is 12.1 Å². The molecule has 0 aliphatic carbocycles. The van der Waals surface area contributed by atoms with Crippen LogP contribution in [0.3, 0.4) is 0 Å². The lowest BCUT2D eigenvalue weighted by Gasteiger charge is -2.30. The molecule has 0 fully saturated rings. The maximum atomic E-state index is 12.5. The smallest absolute Gasteiger partial charge is 0.261 e. The Kier molecular flexibility index (Phi) is 9.91. The molecule has 36 heavy (non-hydrogen) atoms. The van der Waals surface area contributed by atoms with E-state index in [1.54, 1.807) is 12.1 Å². The van der Waals surface area contributed by atoms with E-state index in [-0.39, 0.29) is 11.8 Å². The monoisotopic (exact) mass is 498 g/mol. The fourth-order valence-electron chi connectivity index (χ4n) is 4.56. The number of unbranched alkanes of at least 4 members (excludes halogenated alkanes) is 3. The lowest BCUT2D eigenvalue weighted by molar-refractivity contribution is -0.890. The number of fused-ring (bicyclic) bond motifs is 1. The van der Waals surface area contributed by atoms with Gasteiger partial charge >= 0.3 is 0 Å². The Morgan fingerprint density at radius 1 is 0.889 bits per heavy atom. The van der Waals surface area contributed by atoms with Gasteiger partial charge < -0.3 is 18.5 Å². The Balaban J connectivity index is 1.24. The molecule has 0 spiro atoms. The molecule has 0 N–H and O–H groups in total. The van der Waals surface area contributed by atoms with Gasteiger partial charge in [-0.05, 0) is 43.7 Å². The van der Waals surface area contributed by atoms with Crippen LogP contribution in [-0.4, -0.2) is 106 Å². The molecule has 2 aliphatic rings. The van der Waals surface area contributed by atoms with Gasteiger partial charge in [-0.3, -0.25) is 14.5 Å². The number of rotatable bonds is 13. The maximum absolute atomic E-state index is 12.5. The van der Waals surface area contributed by atoms with Gasteiger partial charge in [0.2, 0.25) is 5.90 Å². The van der Waals surface area contributed by atoms with E-state index in [4.69, 9.17) is 9.57 Å². The normalized spacial score (nSPS) is 15.3. The highest BCUT2D eigenvalue weighted by atomic mass is 16.7. The zero-order chi connectivity index (χ0) is 26.0. The Morgan fingerprint density at radius 2 is 1.50 bits per heavy atom. The van der Waals surface area contributed by atoms with Crippen LogP contribution in [0, 0.1) is 11.8 Å². The standard InChI is InChI=1S/C28H42N4O4/c1-31(2,20-11-12-22-35-26-16-23-36-29-26)18-9-5-6-10-19-32(3,4)21-13-17-30-27(33)24-14-7-8-15-25(24)28(30)34/h7-8,14-15H,5-6,9-10,13,16-23H2,1-4H3/q+2. The van der Waals surface area contributed by atoms with Crippen molar-refractivity contribution in [1.82, 2.24) is 4.90 Å². The predicted octanol–water partition coefficient (Wildman–Crippen LogP) is 3.14. The molecule has 3 rings (SSSR count). The minimum Gasteiger partial charge on any atom is -0.465 e. The molecule has 0 saturated carbocycles. The summed E-state index contributed by atoms with van der Waals surface area (Å²) >= 11 is 0. The molecule has 0 radical (unpaired) electrons. The minimum absolute atomic E-state index is 0.157. The first-order chi connectivity index (χ1) is 17.2. The van der Waals surface area contributed by atoms with Gasteiger partial charge in [0.05, 0.1) is 65.4 Å². The van der Waals surface area contributed by atoms with Gasteiger partial charge in [0.25, 0.3) is 11.8 Å². The second kappa shape index (κ2) is 12.9. The van der Waals surface area contributed by atoms with Crippen molar-refractivity contribution < 1.29 is 28.1 Å². The number of carbonyl (C=O) groups excluding carboxylic acids is 2. The van der Waals surface area contributed by atoms with E-state index in [0.29, 0.717) is 36.8 Å². The number of carbonyl (C=O) groups is 2. The van der Waals surface area contributed by atoms with E-state index in [9.17, 15) is 9.59 Å². The second-order valence-corrected chi connectivity index (χ2v) is 11.0. The van der Waals surface area contributed by atoms with E-state index in [0.717, 1.165) is 48.0 Å². The summed E-state index contributed by atoms with van der Waals surface area (Å²) in [6.07, 6.45) is 6.34. The average molecular weight is 499 g/mol. The largest absolute Gasteiger partial charge is 0.465 e. The highest BCUT2D eigenvalue weighted by Gasteiger charge is 2.34. The Labute approximate surface area is 216 Å². The molecule has 1 aromatic rings. The minimum atomic E-state index is -0.157. The van der Waals surface area contributed by atoms with Gasteiger partial charge in [-0.2, -0.15) is 0 Å². The van der Waals surface area contributed by atoms with Crippen molar-refractivity contribution in [1.29, 1.82) is 0 Å². The molecular weight excluding hydrogens is 456 g/mol. The second-order valence-electron chi connectivity index (χ2n) is 11.0. The topological polar surface area (TPSA) is 68.2 Å². The molecule has 2 amide bonds. The quantitative estimate of drug-likeness (QED) is 0.181. The summed E-state index contributed by atoms with van der Waals surface area (Å²) in [6.45, 7) is 5.41. The molecule has 0 aromatic heterocycles. The number of hydrogen-bond donors (Lipinski definition) is 0. The van der Waals surface area contributed by atoms with Crippen molar-refractivity contribution in [2.45, 2.75) is 38.5 Å². The summed E-state index contributed by atoms with van der Waals surface area (Å²) in [5, 5.41) is 3.80. The van der Waals surface area contributed by atoms with Gasteiger partial charge in [0.1, 0.15) is 13.2 Å². The van der Waals surface area contributed by atoms with Crippen molar-refractivity contribution in [3.05, 3.63) is 35.4 Å². The number of quaternary nitrogens is 2. The summed E-state index contributed by atoms with van der Waals surface area (Å²) in [7, 11) is 8.91. The van der Waals surface area contributed by atoms with Crippen LogP contribution >= 0.6 is 0 Å². The van der Waals surface area contributed by atoms with Crippen molar-refractivity contribution in [3.63, 3.8) is 0 Å². The van der Waals surface area contributed by atoms with Gasteiger partial charge in [0, 0.05) is 13.0 Å². The number of benzene rings is 1. The van der Waals surface area contributed by atoms with Crippen molar-refractivity contribution in [2.24, 2.45) is 5.16 Å². The Hall–Kier alpha value is -2.89. The molecule has 0 saturated heterocycles. The number of amides is 2.